The Morgan fingerprint density at radius 2 is 2.39 bits per heavy atom. The van der Waals surface area contributed by atoms with Crippen LogP contribution in [-0.2, 0) is 9.53 Å². The van der Waals surface area contributed by atoms with E-state index in [1.807, 2.05) is 6.92 Å². The summed E-state index contributed by atoms with van der Waals surface area (Å²) < 4.78 is 10.9. The number of nitrogens with one attached hydrogen (secondary N) is 1. The van der Waals surface area contributed by atoms with Crippen molar-refractivity contribution in [1.82, 2.24) is 10.3 Å². The van der Waals surface area contributed by atoms with E-state index in [9.17, 15) is 9.59 Å². The van der Waals surface area contributed by atoms with Crippen LogP contribution in [0.25, 0.3) is 0 Å². The van der Waals surface area contributed by atoms with Crippen molar-refractivity contribution in [1.29, 1.82) is 0 Å². The second-order valence-corrected chi connectivity index (χ2v) is 5.52. The van der Waals surface area contributed by atoms with Gasteiger partial charge in [-0.25, -0.2) is 4.98 Å². The third-order valence-electron chi connectivity index (χ3n) is 3.67. The highest BCUT2D eigenvalue weighted by molar-refractivity contribution is 5.94. The van der Waals surface area contributed by atoms with Gasteiger partial charge >= 0.3 is 5.97 Å². The van der Waals surface area contributed by atoms with Crippen molar-refractivity contribution in [3.8, 4) is 5.88 Å². The first-order valence-corrected chi connectivity index (χ1v) is 7.81. The smallest absolute Gasteiger partial charge is 0.308 e. The molecule has 1 aliphatic heterocycles. The van der Waals surface area contributed by atoms with E-state index in [2.05, 4.69) is 10.3 Å². The van der Waals surface area contributed by atoms with E-state index in [0.717, 1.165) is 12.8 Å². The summed E-state index contributed by atoms with van der Waals surface area (Å²) >= 11 is 0. The topological polar surface area (TPSA) is 97.8 Å². The number of amides is 1. The van der Waals surface area contributed by atoms with Gasteiger partial charge in [-0.15, -0.1) is 0 Å². The Morgan fingerprint density at radius 1 is 1.57 bits per heavy atom. The van der Waals surface area contributed by atoms with Crippen LogP contribution in [0.2, 0.25) is 0 Å². The number of rotatable bonds is 8. The number of nitrogens with zero attached hydrogens (tertiary/aromatic N) is 1. The molecule has 0 saturated carbocycles. The molecule has 1 aliphatic rings. The lowest BCUT2D eigenvalue weighted by atomic mass is 10.0. The van der Waals surface area contributed by atoms with Crippen LogP contribution in [-0.4, -0.2) is 47.8 Å². The minimum atomic E-state index is -0.896. The first-order chi connectivity index (χ1) is 11.1. The van der Waals surface area contributed by atoms with Crippen molar-refractivity contribution in [2.45, 2.75) is 32.3 Å². The molecule has 2 atom stereocenters. The summed E-state index contributed by atoms with van der Waals surface area (Å²) in [5, 5.41) is 11.8. The van der Waals surface area contributed by atoms with Gasteiger partial charge in [0.25, 0.3) is 5.91 Å². The second kappa shape index (κ2) is 8.47. The number of pyridine rings is 1. The highest BCUT2D eigenvalue weighted by atomic mass is 16.5. The predicted octanol–water partition coefficient (Wildman–Crippen LogP) is 1.48. The van der Waals surface area contributed by atoms with Gasteiger partial charge in [0.15, 0.2) is 0 Å². The van der Waals surface area contributed by atoms with Crippen molar-refractivity contribution in [3.63, 3.8) is 0 Å². The van der Waals surface area contributed by atoms with Gasteiger partial charge < -0.3 is 19.9 Å². The number of ether oxygens (including phenoxy) is 2. The predicted molar refractivity (Wildman–Crippen MR) is 82.5 cm³/mol. The molecular weight excluding hydrogens is 300 g/mol. The Hall–Kier alpha value is -2.15. The van der Waals surface area contributed by atoms with Crippen LogP contribution in [0.5, 0.6) is 5.88 Å². The third-order valence-corrected chi connectivity index (χ3v) is 3.67. The lowest BCUT2D eigenvalue weighted by molar-refractivity contribution is -0.141. The zero-order chi connectivity index (χ0) is 16.7. The summed E-state index contributed by atoms with van der Waals surface area (Å²) in [5.41, 5.74) is 0.398. The number of carbonyl (C=O) groups is 2. The quantitative estimate of drug-likeness (QED) is 0.752. The van der Waals surface area contributed by atoms with E-state index in [-0.39, 0.29) is 18.6 Å². The van der Waals surface area contributed by atoms with Crippen molar-refractivity contribution in [2.75, 3.05) is 19.8 Å². The van der Waals surface area contributed by atoms with Crippen LogP contribution in [0.4, 0.5) is 0 Å². The van der Waals surface area contributed by atoms with Crippen molar-refractivity contribution >= 4 is 11.9 Å². The zero-order valence-corrected chi connectivity index (χ0v) is 13.2. The average Bonchev–Trinajstić information content (AvgIpc) is 3.04. The van der Waals surface area contributed by atoms with Crippen molar-refractivity contribution in [2.24, 2.45) is 5.92 Å². The fourth-order valence-electron chi connectivity index (χ4n) is 2.37. The number of hydrogen-bond acceptors (Lipinski definition) is 5. The molecule has 23 heavy (non-hydrogen) atoms. The normalized spacial score (nSPS) is 18.4. The van der Waals surface area contributed by atoms with Gasteiger partial charge in [0.2, 0.25) is 5.88 Å². The van der Waals surface area contributed by atoms with Gasteiger partial charge in [-0.05, 0) is 12.5 Å². The van der Waals surface area contributed by atoms with Crippen molar-refractivity contribution < 1.29 is 24.2 Å². The van der Waals surface area contributed by atoms with Crippen molar-refractivity contribution in [3.05, 3.63) is 23.9 Å². The molecule has 1 amide bonds. The molecule has 0 aromatic carbocycles. The molecule has 1 fully saturated rings. The Labute approximate surface area is 135 Å². The zero-order valence-electron chi connectivity index (χ0n) is 13.2. The SMILES string of the molecule is CCCC(CNC(=O)c1ccnc(OC2CCOC2)c1)C(=O)O. The highest BCUT2D eigenvalue weighted by Crippen LogP contribution is 2.16. The molecule has 2 N–H and O–H groups in total. The van der Waals surface area contributed by atoms with Crippen LogP contribution in [0.3, 0.4) is 0 Å². The van der Waals surface area contributed by atoms with Crippen LogP contribution in [0.1, 0.15) is 36.5 Å². The fraction of sp³-hybridized carbons (Fsp3) is 0.562. The lowest BCUT2D eigenvalue weighted by Crippen LogP contribution is -2.33. The molecule has 2 unspecified atom stereocenters. The molecular formula is C16H22N2O5. The minimum Gasteiger partial charge on any atom is -0.481 e. The van der Waals surface area contributed by atoms with Gasteiger partial charge in [0.1, 0.15) is 6.10 Å². The molecule has 2 rings (SSSR count). The summed E-state index contributed by atoms with van der Waals surface area (Å²) in [6.07, 6.45) is 3.55. The molecule has 126 valence electrons. The number of carbonyl (C=O) groups excluding carboxylic acids is 1. The summed E-state index contributed by atoms with van der Waals surface area (Å²) in [4.78, 5) is 27.3. The van der Waals surface area contributed by atoms with Crippen LogP contribution < -0.4 is 10.1 Å². The largest absolute Gasteiger partial charge is 0.481 e. The van der Waals surface area contributed by atoms with E-state index >= 15 is 0 Å². The molecule has 2 heterocycles. The molecule has 7 heteroatoms. The first kappa shape index (κ1) is 17.2. The average molecular weight is 322 g/mol. The Balaban J connectivity index is 1.92. The molecule has 0 aliphatic carbocycles. The number of carboxylic acid groups (broad SMARTS) is 1. The number of aromatic nitrogens is 1. The first-order valence-electron chi connectivity index (χ1n) is 7.81. The lowest BCUT2D eigenvalue weighted by Gasteiger charge is -2.13. The molecule has 0 radical (unpaired) electrons. The summed E-state index contributed by atoms with van der Waals surface area (Å²) in [7, 11) is 0. The summed E-state index contributed by atoms with van der Waals surface area (Å²) in [5.74, 6) is -1.43. The van der Waals surface area contributed by atoms with Crippen LogP contribution >= 0.6 is 0 Å². The van der Waals surface area contributed by atoms with Gasteiger partial charge in [-0.3, -0.25) is 9.59 Å². The van der Waals surface area contributed by atoms with E-state index in [0.29, 0.717) is 31.1 Å². The van der Waals surface area contributed by atoms with E-state index < -0.39 is 11.9 Å². The highest BCUT2D eigenvalue weighted by Gasteiger charge is 2.20. The number of aliphatic carboxylic acids is 1. The van der Waals surface area contributed by atoms with Crippen LogP contribution in [0, 0.1) is 5.92 Å². The third kappa shape index (κ3) is 5.21. The number of hydrogen-bond donors (Lipinski definition) is 2. The maximum Gasteiger partial charge on any atom is 0.308 e. The summed E-state index contributed by atoms with van der Waals surface area (Å²) in [6.45, 7) is 3.21. The van der Waals surface area contributed by atoms with Gasteiger partial charge in [-0.2, -0.15) is 0 Å². The fourth-order valence-corrected chi connectivity index (χ4v) is 2.37. The van der Waals surface area contributed by atoms with Gasteiger partial charge in [0.05, 0.1) is 19.1 Å². The van der Waals surface area contributed by atoms with E-state index in [1.165, 1.54) is 6.20 Å². The Kier molecular flexibility index (Phi) is 6.34. The molecule has 1 aromatic rings. The van der Waals surface area contributed by atoms with Gasteiger partial charge in [-0.1, -0.05) is 13.3 Å². The minimum absolute atomic E-state index is 0.0400. The maximum atomic E-state index is 12.2. The van der Waals surface area contributed by atoms with Gasteiger partial charge in [0, 0.05) is 30.8 Å². The maximum absolute atomic E-state index is 12.2. The molecule has 7 nitrogen and oxygen atoms in total. The summed E-state index contributed by atoms with van der Waals surface area (Å²) in [6, 6.07) is 3.13. The number of carboxylic acids is 1. The standard InChI is InChI=1S/C16H22N2O5/c1-2-3-12(16(20)21)9-18-15(19)11-4-6-17-14(8-11)23-13-5-7-22-10-13/h4,6,8,12-13H,2-3,5,7,9-10H2,1H3,(H,18,19)(H,20,21). The molecule has 0 bridgehead atoms. The second-order valence-electron chi connectivity index (χ2n) is 5.52. The van der Waals surface area contributed by atoms with Crippen LogP contribution in [0.15, 0.2) is 18.3 Å². The Bertz CT molecular complexity index is 543. The Morgan fingerprint density at radius 3 is 3.04 bits per heavy atom. The molecule has 0 spiro atoms. The van der Waals surface area contributed by atoms with E-state index in [1.54, 1.807) is 12.1 Å². The molecule has 1 aromatic heterocycles. The monoisotopic (exact) mass is 322 g/mol. The van der Waals surface area contributed by atoms with E-state index in [4.69, 9.17) is 14.6 Å². The molecule has 1 saturated heterocycles.